The predicted molar refractivity (Wildman–Crippen MR) is 62.1 cm³/mol. The van der Waals surface area contributed by atoms with Gasteiger partial charge in [0, 0.05) is 5.02 Å². The van der Waals surface area contributed by atoms with Crippen molar-refractivity contribution in [2.45, 2.75) is 13.0 Å². The average Bonchev–Trinajstić information content (AvgIpc) is 2.27. The maximum Gasteiger partial charge on any atom is 0.328 e. The van der Waals surface area contributed by atoms with E-state index in [0.717, 1.165) is 0 Å². The first-order valence-electron chi connectivity index (χ1n) is 4.83. The summed E-state index contributed by atoms with van der Waals surface area (Å²) in [4.78, 5) is 22.8. The highest BCUT2D eigenvalue weighted by molar-refractivity contribution is 6.30. The molecule has 6 heteroatoms. The number of hydrogen-bond donors (Lipinski definition) is 2. The van der Waals surface area contributed by atoms with Crippen molar-refractivity contribution >= 4 is 23.5 Å². The molecule has 0 spiro atoms. The number of amides is 1. The molecule has 0 saturated carbocycles. The van der Waals surface area contributed by atoms with Crippen molar-refractivity contribution in [1.29, 1.82) is 0 Å². The Morgan fingerprint density at radius 2 is 2.12 bits per heavy atom. The van der Waals surface area contributed by atoms with Gasteiger partial charge in [0.15, 0.2) is 0 Å². The van der Waals surface area contributed by atoms with Crippen LogP contribution < -0.4 is 5.32 Å². The summed E-state index contributed by atoms with van der Waals surface area (Å²) in [6.45, 7) is 1.48. The molecular weight excluding hydrogens is 246 g/mol. The molecule has 0 aromatic heterocycles. The number of nitrogens with one attached hydrogen (secondary N) is 1. The molecule has 1 aromatic rings. The Labute approximate surface area is 103 Å². The summed E-state index contributed by atoms with van der Waals surface area (Å²) in [6, 6.07) is 3.30. The van der Waals surface area contributed by atoms with Crippen LogP contribution in [-0.4, -0.2) is 30.1 Å². The van der Waals surface area contributed by atoms with Gasteiger partial charge in [-0.3, -0.25) is 4.79 Å². The molecule has 2 N–H and O–H groups in total. The number of carbonyl (C=O) groups is 2. The SMILES string of the molecule is COC(=O)C(C)NC(=O)c1ccc(Cl)cc1O. The van der Waals surface area contributed by atoms with Crippen LogP contribution in [0.3, 0.4) is 0 Å². The Morgan fingerprint density at radius 3 is 2.65 bits per heavy atom. The molecule has 0 saturated heterocycles. The van der Waals surface area contributed by atoms with E-state index < -0.39 is 17.9 Å². The summed E-state index contributed by atoms with van der Waals surface area (Å²) >= 11 is 5.63. The molecule has 5 nitrogen and oxygen atoms in total. The van der Waals surface area contributed by atoms with E-state index in [0.29, 0.717) is 5.02 Å². The average molecular weight is 258 g/mol. The fourth-order valence-electron chi connectivity index (χ4n) is 1.21. The lowest BCUT2D eigenvalue weighted by molar-refractivity contribution is -0.142. The van der Waals surface area contributed by atoms with Gasteiger partial charge in [-0.15, -0.1) is 0 Å². The highest BCUT2D eigenvalue weighted by atomic mass is 35.5. The second-order valence-electron chi connectivity index (χ2n) is 3.38. The van der Waals surface area contributed by atoms with Crippen LogP contribution in [0.15, 0.2) is 18.2 Å². The minimum absolute atomic E-state index is 0.0464. The molecule has 0 aliphatic rings. The van der Waals surface area contributed by atoms with Crippen LogP contribution in [0.1, 0.15) is 17.3 Å². The molecule has 0 heterocycles. The predicted octanol–water partition coefficient (Wildman–Crippen LogP) is 1.34. The van der Waals surface area contributed by atoms with Gasteiger partial charge in [0.2, 0.25) is 0 Å². The Kier molecular flexibility index (Phi) is 4.34. The van der Waals surface area contributed by atoms with Crippen molar-refractivity contribution < 1.29 is 19.4 Å². The van der Waals surface area contributed by atoms with Crippen LogP contribution in [-0.2, 0) is 9.53 Å². The quantitative estimate of drug-likeness (QED) is 0.801. The van der Waals surface area contributed by atoms with Crippen molar-refractivity contribution in [2.24, 2.45) is 0 Å². The first-order chi connectivity index (χ1) is 7.95. The van der Waals surface area contributed by atoms with Gasteiger partial charge >= 0.3 is 5.97 Å². The summed E-state index contributed by atoms with van der Waals surface area (Å²) < 4.78 is 4.46. The van der Waals surface area contributed by atoms with Crippen LogP contribution in [0.25, 0.3) is 0 Å². The monoisotopic (exact) mass is 257 g/mol. The van der Waals surface area contributed by atoms with Crippen LogP contribution in [0.4, 0.5) is 0 Å². The molecule has 1 atom stereocenters. The molecule has 1 rings (SSSR count). The Balaban J connectivity index is 2.80. The summed E-state index contributed by atoms with van der Waals surface area (Å²) in [6.07, 6.45) is 0. The van der Waals surface area contributed by atoms with Gasteiger partial charge in [-0.25, -0.2) is 4.79 Å². The number of carbonyl (C=O) groups excluding carboxylic acids is 2. The molecule has 92 valence electrons. The van der Waals surface area contributed by atoms with Crippen LogP contribution >= 0.6 is 11.6 Å². The summed E-state index contributed by atoms with van der Waals surface area (Å²) in [5.41, 5.74) is 0.0464. The van der Waals surface area contributed by atoms with E-state index in [-0.39, 0.29) is 11.3 Å². The number of phenols is 1. The molecule has 1 amide bonds. The minimum atomic E-state index is -0.789. The summed E-state index contributed by atoms with van der Waals surface area (Å²) in [7, 11) is 1.23. The first-order valence-corrected chi connectivity index (χ1v) is 5.20. The third-order valence-corrected chi connectivity index (χ3v) is 2.34. The molecule has 1 unspecified atom stereocenters. The minimum Gasteiger partial charge on any atom is -0.507 e. The van der Waals surface area contributed by atoms with E-state index in [2.05, 4.69) is 10.1 Å². The molecule has 0 bridgehead atoms. The van der Waals surface area contributed by atoms with Gasteiger partial charge in [-0.2, -0.15) is 0 Å². The maximum atomic E-state index is 11.7. The highest BCUT2D eigenvalue weighted by Crippen LogP contribution is 2.21. The Bertz CT molecular complexity index is 447. The zero-order chi connectivity index (χ0) is 13.0. The number of aromatic hydroxyl groups is 1. The number of phenolic OH excluding ortho intramolecular Hbond substituents is 1. The number of esters is 1. The van der Waals surface area contributed by atoms with E-state index in [1.165, 1.54) is 32.2 Å². The van der Waals surface area contributed by atoms with Crippen LogP contribution in [0.2, 0.25) is 5.02 Å². The third kappa shape index (κ3) is 3.35. The van der Waals surface area contributed by atoms with E-state index in [4.69, 9.17) is 11.6 Å². The second kappa shape index (κ2) is 5.54. The molecular formula is C11H12ClNO4. The van der Waals surface area contributed by atoms with Gasteiger partial charge in [0.05, 0.1) is 12.7 Å². The third-order valence-electron chi connectivity index (χ3n) is 2.11. The fourth-order valence-corrected chi connectivity index (χ4v) is 1.37. The van der Waals surface area contributed by atoms with Gasteiger partial charge in [-0.1, -0.05) is 11.6 Å². The number of ether oxygens (including phenoxy) is 1. The number of halogens is 1. The summed E-state index contributed by atoms with van der Waals surface area (Å²) in [5.74, 6) is -1.38. The Morgan fingerprint density at radius 1 is 1.47 bits per heavy atom. The van der Waals surface area contributed by atoms with Gasteiger partial charge in [0.1, 0.15) is 11.8 Å². The molecule has 1 aromatic carbocycles. The van der Waals surface area contributed by atoms with Crippen molar-refractivity contribution in [2.75, 3.05) is 7.11 Å². The zero-order valence-corrected chi connectivity index (χ0v) is 10.1. The van der Waals surface area contributed by atoms with Crippen molar-refractivity contribution in [1.82, 2.24) is 5.32 Å². The fraction of sp³-hybridized carbons (Fsp3) is 0.273. The molecule has 17 heavy (non-hydrogen) atoms. The maximum absolute atomic E-state index is 11.7. The lowest BCUT2D eigenvalue weighted by Crippen LogP contribution is -2.39. The highest BCUT2D eigenvalue weighted by Gasteiger charge is 2.18. The van der Waals surface area contributed by atoms with Crippen molar-refractivity contribution in [3.8, 4) is 5.75 Å². The lowest BCUT2D eigenvalue weighted by atomic mass is 10.2. The van der Waals surface area contributed by atoms with Crippen molar-refractivity contribution in [3.05, 3.63) is 28.8 Å². The van der Waals surface area contributed by atoms with Gasteiger partial charge in [0.25, 0.3) is 5.91 Å². The van der Waals surface area contributed by atoms with Crippen molar-refractivity contribution in [3.63, 3.8) is 0 Å². The van der Waals surface area contributed by atoms with Gasteiger partial charge in [-0.05, 0) is 25.1 Å². The number of rotatable bonds is 3. The second-order valence-corrected chi connectivity index (χ2v) is 3.82. The van der Waals surface area contributed by atoms with Gasteiger partial charge < -0.3 is 15.2 Å². The number of methoxy groups -OCH3 is 1. The smallest absolute Gasteiger partial charge is 0.328 e. The molecule has 0 aliphatic heterocycles. The largest absolute Gasteiger partial charge is 0.507 e. The van der Waals surface area contributed by atoms with Crippen LogP contribution in [0, 0.1) is 0 Å². The standard InChI is InChI=1S/C11H12ClNO4/c1-6(11(16)17-2)13-10(15)8-4-3-7(12)5-9(8)14/h3-6,14H,1-2H3,(H,13,15). The topological polar surface area (TPSA) is 75.6 Å². The molecule has 0 fully saturated rings. The first kappa shape index (κ1) is 13.3. The van der Waals surface area contributed by atoms with E-state index in [1.807, 2.05) is 0 Å². The zero-order valence-electron chi connectivity index (χ0n) is 9.36. The van der Waals surface area contributed by atoms with Crippen LogP contribution in [0.5, 0.6) is 5.75 Å². The number of benzene rings is 1. The Hall–Kier alpha value is -1.75. The molecule has 0 radical (unpaired) electrons. The van der Waals surface area contributed by atoms with E-state index >= 15 is 0 Å². The normalized spacial score (nSPS) is 11.7. The van der Waals surface area contributed by atoms with E-state index in [1.54, 1.807) is 0 Å². The van der Waals surface area contributed by atoms with E-state index in [9.17, 15) is 14.7 Å². The lowest BCUT2D eigenvalue weighted by Gasteiger charge is -2.12. The molecule has 0 aliphatic carbocycles. The summed E-state index contributed by atoms with van der Waals surface area (Å²) in [5, 5.41) is 12.2. The number of hydrogen-bond acceptors (Lipinski definition) is 4.